The van der Waals surface area contributed by atoms with Gasteiger partial charge in [0.1, 0.15) is 0 Å². The van der Waals surface area contributed by atoms with Crippen molar-refractivity contribution in [2.24, 2.45) is 0 Å². The summed E-state index contributed by atoms with van der Waals surface area (Å²) in [7, 11) is 1.72. The van der Waals surface area contributed by atoms with Crippen LogP contribution in [0.5, 0.6) is 0 Å². The Balaban J connectivity index is 1.40. The molecule has 2 N–H and O–H groups in total. The van der Waals surface area contributed by atoms with Crippen molar-refractivity contribution in [2.45, 2.75) is 71.1 Å². The Labute approximate surface area is 237 Å². The van der Waals surface area contributed by atoms with E-state index in [-0.39, 0.29) is 11.6 Å². The van der Waals surface area contributed by atoms with Gasteiger partial charge in [-0.2, -0.15) is 0 Å². The molecule has 3 aromatic rings. The standard InChI is InChI=1S/C34H40N2O4/c1-3-4-5-6-7-8-9-10-11-16-23-40-34(39)26-19-14-15-20-27(26)36-29-22-21-28(35-2)30-31(29)33(38)25-18-13-12-17-24(25)32(30)37/h12-15,17-22,35-36H,3-11,16,23H2,1-2H3. The fraction of sp³-hybridized carbons (Fsp3) is 0.382. The fourth-order valence-electron chi connectivity index (χ4n) is 5.28. The summed E-state index contributed by atoms with van der Waals surface area (Å²) in [6.45, 7) is 2.61. The van der Waals surface area contributed by atoms with Gasteiger partial charge in [-0.05, 0) is 30.7 Å². The molecule has 0 saturated carbocycles. The minimum atomic E-state index is -0.410. The Bertz CT molecular complexity index is 1350. The summed E-state index contributed by atoms with van der Waals surface area (Å²) < 4.78 is 5.60. The Morgan fingerprint density at radius 2 is 1.18 bits per heavy atom. The van der Waals surface area contributed by atoms with Crippen LogP contribution in [0.1, 0.15) is 113 Å². The summed E-state index contributed by atoms with van der Waals surface area (Å²) in [5, 5.41) is 6.29. The zero-order chi connectivity index (χ0) is 28.3. The SMILES string of the molecule is CCCCCCCCCCCCOC(=O)c1ccccc1Nc1ccc(NC)c2c1C(=O)c1ccccc1C2=O. The van der Waals surface area contributed by atoms with Crippen LogP contribution in [0.4, 0.5) is 17.1 Å². The summed E-state index contributed by atoms with van der Waals surface area (Å²) in [5.74, 6) is -0.847. The maximum Gasteiger partial charge on any atom is 0.340 e. The van der Waals surface area contributed by atoms with E-state index in [0.29, 0.717) is 51.5 Å². The molecule has 0 saturated heterocycles. The van der Waals surface area contributed by atoms with Gasteiger partial charge in [-0.25, -0.2) is 4.79 Å². The summed E-state index contributed by atoms with van der Waals surface area (Å²) in [5.41, 5.74) is 3.35. The van der Waals surface area contributed by atoms with Crippen LogP contribution in [0.15, 0.2) is 60.7 Å². The molecule has 0 heterocycles. The summed E-state index contributed by atoms with van der Waals surface area (Å²) >= 11 is 0. The summed E-state index contributed by atoms with van der Waals surface area (Å²) in [6, 6.07) is 17.5. The second-order valence-corrected chi connectivity index (χ2v) is 10.4. The number of hydrogen-bond donors (Lipinski definition) is 2. The van der Waals surface area contributed by atoms with Gasteiger partial charge in [0, 0.05) is 23.9 Å². The molecule has 4 rings (SSSR count). The quantitative estimate of drug-likeness (QED) is 0.116. The number of ketones is 2. The van der Waals surface area contributed by atoms with Crippen molar-refractivity contribution in [3.05, 3.63) is 88.5 Å². The highest BCUT2D eigenvalue weighted by Crippen LogP contribution is 2.38. The minimum absolute atomic E-state index is 0.206. The van der Waals surface area contributed by atoms with Gasteiger partial charge in [-0.3, -0.25) is 9.59 Å². The van der Waals surface area contributed by atoms with Crippen LogP contribution in [0.25, 0.3) is 0 Å². The highest BCUT2D eigenvalue weighted by atomic mass is 16.5. The average Bonchev–Trinajstić information content (AvgIpc) is 2.98. The highest BCUT2D eigenvalue weighted by molar-refractivity contribution is 6.32. The van der Waals surface area contributed by atoms with E-state index in [2.05, 4.69) is 17.6 Å². The lowest BCUT2D eigenvalue weighted by molar-refractivity contribution is 0.0498. The number of anilines is 3. The Hall–Kier alpha value is -3.93. The lowest BCUT2D eigenvalue weighted by Crippen LogP contribution is -2.23. The molecule has 0 radical (unpaired) electrons. The van der Waals surface area contributed by atoms with E-state index in [1.807, 2.05) is 6.07 Å². The molecular weight excluding hydrogens is 500 g/mol. The van der Waals surface area contributed by atoms with Gasteiger partial charge in [0.25, 0.3) is 0 Å². The smallest absolute Gasteiger partial charge is 0.340 e. The highest BCUT2D eigenvalue weighted by Gasteiger charge is 2.34. The Morgan fingerprint density at radius 1 is 0.650 bits per heavy atom. The van der Waals surface area contributed by atoms with Crippen molar-refractivity contribution in [1.29, 1.82) is 0 Å². The van der Waals surface area contributed by atoms with Crippen LogP contribution in [0, 0.1) is 0 Å². The number of rotatable bonds is 15. The first-order valence-electron chi connectivity index (χ1n) is 14.6. The number of carbonyl (C=O) groups excluding carboxylic acids is 3. The Kier molecular flexibility index (Phi) is 10.5. The van der Waals surface area contributed by atoms with E-state index < -0.39 is 5.97 Å². The number of benzene rings is 3. The van der Waals surface area contributed by atoms with Crippen LogP contribution in [0.3, 0.4) is 0 Å². The van der Waals surface area contributed by atoms with Crippen molar-refractivity contribution in [3.8, 4) is 0 Å². The number of nitrogens with one attached hydrogen (secondary N) is 2. The summed E-state index contributed by atoms with van der Waals surface area (Å²) in [4.78, 5) is 40.0. The number of para-hydroxylation sites is 1. The van der Waals surface area contributed by atoms with Crippen LogP contribution >= 0.6 is 0 Å². The predicted octanol–water partition coefficient (Wildman–Crippen LogP) is 8.33. The molecule has 0 aliphatic heterocycles. The zero-order valence-electron chi connectivity index (χ0n) is 23.7. The van der Waals surface area contributed by atoms with E-state index in [1.54, 1.807) is 61.6 Å². The third kappa shape index (κ3) is 6.79. The van der Waals surface area contributed by atoms with Gasteiger partial charge < -0.3 is 15.4 Å². The number of ether oxygens (including phenoxy) is 1. The lowest BCUT2D eigenvalue weighted by Gasteiger charge is -2.23. The van der Waals surface area contributed by atoms with Gasteiger partial charge in [-0.15, -0.1) is 0 Å². The first-order chi connectivity index (χ1) is 19.6. The maximum absolute atomic E-state index is 13.6. The molecule has 1 aliphatic rings. The minimum Gasteiger partial charge on any atom is -0.462 e. The van der Waals surface area contributed by atoms with Crippen molar-refractivity contribution in [1.82, 2.24) is 0 Å². The molecule has 0 atom stereocenters. The van der Waals surface area contributed by atoms with Crippen molar-refractivity contribution >= 4 is 34.6 Å². The molecule has 0 bridgehead atoms. The predicted molar refractivity (Wildman–Crippen MR) is 161 cm³/mol. The molecule has 210 valence electrons. The lowest BCUT2D eigenvalue weighted by atomic mass is 9.82. The van der Waals surface area contributed by atoms with Gasteiger partial charge >= 0.3 is 5.97 Å². The maximum atomic E-state index is 13.6. The van der Waals surface area contributed by atoms with Gasteiger partial charge in [0.2, 0.25) is 0 Å². The number of carbonyl (C=O) groups is 3. The number of esters is 1. The third-order valence-electron chi connectivity index (χ3n) is 7.49. The van der Waals surface area contributed by atoms with Crippen LogP contribution in [-0.2, 0) is 4.74 Å². The van der Waals surface area contributed by atoms with Gasteiger partial charge in [0.05, 0.1) is 34.7 Å². The molecule has 6 nitrogen and oxygen atoms in total. The van der Waals surface area contributed by atoms with Crippen LogP contribution in [-0.4, -0.2) is 31.2 Å². The van der Waals surface area contributed by atoms with Crippen molar-refractivity contribution < 1.29 is 19.1 Å². The van der Waals surface area contributed by atoms with Crippen molar-refractivity contribution in [2.75, 3.05) is 24.3 Å². The van der Waals surface area contributed by atoms with Crippen LogP contribution < -0.4 is 10.6 Å². The molecule has 0 unspecified atom stereocenters. The van der Waals surface area contributed by atoms with Gasteiger partial charge in [-0.1, -0.05) is 101 Å². The van der Waals surface area contributed by atoms with E-state index in [0.717, 1.165) is 19.3 Å². The molecule has 0 spiro atoms. The fourth-order valence-corrected chi connectivity index (χ4v) is 5.28. The zero-order valence-corrected chi connectivity index (χ0v) is 23.7. The number of unbranched alkanes of at least 4 members (excludes halogenated alkanes) is 9. The molecule has 0 fully saturated rings. The molecule has 1 aliphatic carbocycles. The van der Waals surface area contributed by atoms with E-state index in [1.165, 1.54) is 44.9 Å². The van der Waals surface area contributed by atoms with E-state index >= 15 is 0 Å². The molecule has 40 heavy (non-hydrogen) atoms. The molecule has 6 heteroatoms. The van der Waals surface area contributed by atoms with E-state index in [4.69, 9.17) is 4.74 Å². The average molecular weight is 541 g/mol. The first-order valence-corrected chi connectivity index (χ1v) is 14.6. The second kappa shape index (κ2) is 14.5. The molecular formula is C34H40N2O4. The molecule has 0 aromatic heterocycles. The van der Waals surface area contributed by atoms with Gasteiger partial charge in [0.15, 0.2) is 11.6 Å². The van der Waals surface area contributed by atoms with E-state index in [9.17, 15) is 14.4 Å². The Morgan fingerprint density at radius 3 is 1.80 bits per heavy atom. The summed E-state index contributed by atoms with van der Waals surface area (Å²) in [6.07, 6.45) is 12.2. The van der Waals surface area contributed by atoms with Crippen molar-refractivity contribution in [3.63, 3.8) is 0 Å². The van der Waals surface area contributed by atoms with Crippen LogP contribution in [0.2, 0.25) is 0 Å². The first kappa shape index (κ1) is 29.1. The largest absolute Gasteiger partial charge is 0.462 e. The molecule has 3 aromatic carbocycles. The monoisotopic (exact) mass is 540 g/mol. The third-order valence-corrected chi connectivity index (χ3v) is 7.49. The topological polar surface area (TPSA) is 84.5 Å². The normalized spacial score (nSPS) is 12.1. The number of hydrogen-bond acceptors (Lipinski definition) is 6. The number of fused-ring (bicyclic) bond motifs is 2. The second-order valence-electron chi connectivity index (χ2n) is 10.4. The molecule has 0 amide bonds.